The maximum absolute atomic E-state index is 5.01. The van der Waals surface area contributed by atoms with Crippen molar-refractivity contribution in [2.75, 3.05) is 0 Å². The summed E-state index contributed by atoms with van der Waals surface area (Å²) in [5.74, 6) is 0. The molecule has 1 aliphatic carbocycles. The van der Waals surface area contributed by atoms with Crippen LogP contribution in [0.4, 0.5) is 0 Å². The van der Waals surface area contributed by atoms with Gasteiger partial charge in [0, 0.05) is 16.3 Å². The van der Waals surface area contributed by atoms with E-state index in [1.807, 2.05) is 11.8 Å². The summed E-state index contributed by atoms with van der Waals surface area (Å²) in [7, 11) is 0. The molecule has 23 heavy (non-hydrogen) atoms. The van der Waals surface area contributed by atoms with E-state index < -0.39 is 0 Å². The van der Waals surface area contributed by atoms with E-state index in [4.69, 9.17) is 4.98 Å². The predicted molar refractivity (Wildman–Crippen MR) is 99.7 cm³/mol. The third-order valence-corrected chi connectivity index (χ3v) is 6.67. The van der Waals surface area contributed by atoms with Gasteiger partial charge in [0.05, 0.1) is 10.2 Å². The van der Waals surface area contributed by atoms with E-state index in [-0.39, 0.29) is 0 Å². The lowest BCUT2D eigenvalue weighted by Gasteiger charge is -2.19. The molecular formula is C18H21N3S2. The minimum atomic E-state index is 0.520. The van der Waals surface area contributed by atoms with Gasteiger partial charge in [-0.25, -0.2) is 15.0 Å². The van der Waals surface area contributed by atoms with Gasteiger partial charge in [0.2, 0.25) is 0 Å². The molecule has 1 aliphatic rings. The van der Waals surface area contributed by atoms with Crippen molar-refractivity contribution in [1.29, 1.82) is 0 Å². The molecule has 0 saturated carbocycles. The number of pyridine rings is 1. The zero-order valence-electron chi connectivity index (χ0n) is 13.8. The summed E-state index contributed by atoms with van der Waals surface area (Å²) >= 11 is 3.60. The molecule has 0 bridgehead atoms. The molecule has 0 amide bonds. The first-order valence-corrected chi connectivity index (χ1v) is 10.1. The molecule has 5 heteroatoms. The van der Waals surface area contributed by atoms with E-state index in [2.05, 4.69) is 30.7 Å². The largest absolute Gasteiger partial charge is 0.242 e. The summed E-state index contributed by atoms with van der Waals surface area (Å²) in [6, 6.07) is 0. The molecule has 0 saturated heterocycles. The number of hydrogen-bond acceptors (Lipinski definition) is 5. The second-order valence-corrected chi connectivity index (χ2v) is 8.95. The third kappa shape index (κ3) is 2.54. The smallest absolute Gasteiger partial charge is 0.126 e. The lowest BCUT2D eigenvalue weighted by Crippen LogP contribution is -2.08. The Kier molecular flexibility index (Phi) is 4.01. The van der Waals surface area contributed by atoms with Crippen LogP contribution >= 0.6 is 23.1 Å². The molecule has 0 aromatic carbocycles. The maximum Gasteiger partial charge on any atom is 0.126 e. The summed E-state index contributed by atoms with van der Waals surface area (Å²) in [5.41, 5.74) is 5.44. The first-order chi connectivity index (χ1) is 11.2. The van der Waals surface area contributed by atoms with Crippen LogP contribution in [0.1, 0.15) is 50.4 Å². The molecule has 3 heterocycles. The van der Waals surface area contributed by atoms with Gasteiger partial charge in [-0.15, -0.1) is 23.1 Å². The highest BCUT2D eigenvalue weighted by molar-refractivity contribution is 8.00. The lowest BCUT2D eigenvalue weighted by atomic mass is 9.88. The van der Waals surface area contributed by atoms with Crippen LogP contribution in [0.5, 0.6) is 0 Å². The predicted octanol–water partition coefficient (Wildman–Crippen LogP) is 5.18. The molecule has 0 fully saturated rings. The van der Waals surface area contributed by atoms with Crippen LogP contribution < -0.4 is 0 Å². The Morgan fingerprint density at radius 1 is 1.17 bits per heavy atom. The standard InChI is InChI=1S/C18H21N3S2/c1-4-13-11-7-5-6-8-12(11)14-15-16(23-17(14)21-13)18(20-9-19-15)22-10(2)3/h9-10H,4-8H2,1-3H3. The van der Waals surface area contributed by atoms with Gasteiger partial charge in [0.15, 0.2) is 0 Å². The van der Waals surface area contributed by atoms with Gasteiger partial charge in [-0.1, -0.05) is 20.8 Å². The minimum absolute atomic E-state index is 0.520. The van der Waals surface area contributed by atoms with Crippen LogP contribution in [0.15, 0.2) is 11.4 Å². The summed E-state index contributed by atoms with van der Waals surface area (Å²) in [5, 5.41) is 2.94. The summed E-state index contributed by atoms with van der Waals surface area (Å²) in [6.45, 7) is 6.64. The molecule has 3 nitrogen and oxygen atoms in total. The second kappa shape index (κ2) is 6.02. The summed E-state index contributed by atoms with van der Waals surface area (Å²) < 4.78 is 1.22. The molecule has 0 N–H and O–H groups in total. The first-order valence-electron chi connectivity index (χ1n) is 8.43. The van der Waals surface area contributed by atoms with Gasteiger partial charge in [-0.05, 0) is 43.2 Å². The maximum atomic E-state index is 5.01. The SMILES string of the molecule is CCc1nc2sc3c(SC(C)C)ncnc3c2c2c1CCCC2. The Morgan fingerprint density at radius 2 is 1.96 bits per heavy atom. The molecule has 0 radical (unpaired) electrons. The van der Waals surface area contributed by atoms with E-state index in [0.29, 0.717) is 5.25 Å². The van der Waals surface area contributed by atoms with Gasteiger partial charge >= 0.3 is 0 Å². The third-order valence-electron chi connectivity index (χ3n) is 4.46. The molecule has 3 aromatic rings. The van der Waals surface area contributed by atoms with E-state index in [0.717, 1.165) is 21.8 Å². The highest BCUT2D eigenvalue weighted by Gasteiger charge is 2.22. The fraction of sp³-hybridized carbons (Fsp3) is 0.500. The highest BCUT2D eigenvalue weighted by Crippen LogP contribution is 2.41. The van der Waals surface area contributed by atoms with Crippen LogP contribution in [0.3, 0.4) is 0 Å². The van der Waals surface area contributed by atoms with Gasteiger partial charge in [-0.3, -0.25) is 0 Å². The van der Waals surface area contributed by atoms with E-state index >= 15 is 0 Å². The van der Waals surface area contributed by atoms with Crippen LogP contribution in [-0.4, -0.2) is 20.2 Å². The van der Waals surface area contributed by atoms with Crippen molar-refractivity contribution in [2.45, 2.75) is 63.2 Å². The fourth-order valence-electron chi connectivity index (χ4n) is 3.52. The van der Waals surface area contributed by atoms with Crippen molar-refractivity contribution in [2.24, 2.45) is 0 Å². The second-order valence-electron chi connectivity index (χ2n) is 6.38. The summed E-state index contributed by atoms with van der Waals surface area (Å²) in [6.07, 6.45) is 7.67. The number of aromatic nitrogens is 3. The van der Waals surface area contributed by atoms with Crippen LogP contribution in [-0.2, 0) is 19.3 Å². The Balaban J connectivity index is 2.05. The number of nitrogens with zero attached hydrogens (tertiary/aromatic N) is 3. The van der Waals surface area contributed by atoms with Crippen molar-refractivity contribution in [1.82, 2.24) is 15.0 Å². The van der Waals surface area contributed by atoms with E-state index in [1.54, 1.807) is 17.7 Å². The first kappa shape index (κ1) is 15.3. The minimum Gasteiger partial charge on any atom is -0.242 e. The Morgan fingerprint density at radius 3 is 2.70 bits per heavy atom. The van der Waals surface area contributed by atoms with Gasteiger partial charge in [-0.2, -0.15) is 0 Å². The summed E-state index contributed by atoms with van der Waals surface area (Å²) in [4.78, 5) is 15.3. The Labute approximate surface area is 144 Å². The molecule has 3 aromatic heterocycles. The molecule has 4 rings (SSSR count). The number of thioether (sulfide) groups is 1. The number of fused-ring (bicyclic) bond motifs is 5. The normalized spacial score (nSPS) is 14.8. The zero-order valence-corrected chi connectivity index (χ0v) is 15.5. The van der Waals surface area contributed by atoms with Crippen LogP contribution in [0, 0.1) is 0 Å². The molecule has 0 atom stereocenters. The fourth-order valence-corrected chi connectivity index (χ4v) is 5.61. The molecule has 0 unspecified atom stereocenters. The Hall–Kier alpha value is -1.20. The van der Waals surface area contributed by atoms with Gasteiger partial charge in [0.25, 0.3) is 0 Å². The number of aryl methyl sites for hydroxylation is 2. The van der Waals surface area contributed by atoms with Crippen LogP contribution in [0.2, 0.25) is 0 Å². The average Bonchev–Trinajstić information content (AvgIpc) is 2.93. The van der Waals surface area contributed by atoms with E-state index in [9.17, 15) is 0 Å². The lowest BCUT2D eigenvalue weighted by molar-refractivity contribution is 0.679. The number of rotatable bonds is 3. The molecular weight excluding hydrogens is 322 g/mol. The number of hydrogen-bond donors (Lipinski definition) is 0. The van der Waals surface area contributed by atoms with Crippen LogP contribution in [0.25, 0.3) is 20.4 Å². The monoisotopic (exact) mass is 343 g/mol. The van der Waals surface area contributed by atoms with Crippen molar-refractivity contribution in [3.05, 3.63) is 23.1 Å². The average molecular weight is 344 g/mol. The van der Waals surface area contributed by atoms with Crippen molar-refractivity contribution in [3.8, 4) is 0 Å². The van der Waals surface area contributed by atoms with Gasteiger partial charge in [0.1, 0.15) is 16.2 Å². The molecule has 0 spiro atoms. The highest BCUT2D eigenvalue weighted by atomic mass is 32.2. The van der Waals surface area contributed by atoms with Gasteiger partial charge < -0.3 is 0 Å². The van der Waals surface area contributed by atoms with Crippen molar-refractivity contribution in [3.63, 3.8) is 0 Å². The van der Waals surface area contributed by atoms with E-state index in [1.165, 1.54) is 52.6 Å². The zero-order chi connectivity index (χ0) is 16.0. The molecule has 120 valence electrons. The Bertz CT molecular complexity index is 883. The molecule has 0 aliphatic heterocycles. The van der Waals surface area contributed by atoms with Crippen molar-refractivity contribution < 1.29 is 0 Å². The van der Waals surface area contributed by atoms with Crippen molar-refractivity contribution >= 4 is 43.5 Å². The quantitative estimate of drug-likeness (QED) is 0.485. The number of thiophene rings is 1. The topological polar surface area (TPSA) is 38.7 Å².